The first-order valence-corrected chi connectivity index (χ1v) is 6.80. The molecule has 1 aromatic rings. The van der Waals surface area contributed by atoms with Crippen LogP contribution in [-0.4, -0.2) is 47.5 Å². The standard InChI is InChI=1S/C12H18BrN3O2/c1-9-14-10(13)7-11(15-9)16(2)8-12(17)3-5-18-6-4-12/h7,17H,3-6,8H2,1-2H3. The lowest BCUT2D eigenvalue weighted by Crippen LogP contribution is -2.46. The molecule has 1 aliphatic heterocycles. The molecule has 5 nitrogen and oxygen atoms in total. The van der Waals surface area contributed by atoms with Gasteiger partial charge in [0.05, 0.1) is 5.60 Å². The second kappa shape index (κ2) is 5.50. The van der Waals surface area contributed by atoms with Gasteiger partial charge in [-0.3, -0.25) is 0 Å². The number of nitrogens with zero attached hydrogens (tertiary/aromatic N) is 3. The highest BCUT2D eigenvalue weighted by Crippen LogP contribution is 2.24. The Kier molecular flexibility index (Phi) is 4.19. The van der Waals surface area contributed by atoms with Gasteiger partial charge in [-0.25, -0.2) is 9.97 Å². The van der Waals surface area contributed by atoms with Gasteiger partial charge in [0.2, 0.25) is 0 Å². The number of hydrogen-bond donors (Lipinski definition) is 1. The number of hydrogen-bond acceptors (Lipinski definition) is 5. The second-order valence-corrected chi connectivity index (χ2v) is 5.60. The van der Waals surface area contributed by atoms with Crippen molar-refractivity contribution in [3.8, 4) is 0 Å². The van der Waals surface area contributed by atoms with E-state index in [1.165, 1.54) is 0 Å². The molecule has 6 heteroatoms. The third kappa shape index (κ3) is 3.40. The van der Waals surface area contributed by atoms with Crippen LogP contribution in [0.5, 0.6) is 0 Å². The van der Waals surface area contributed by atoms with Gasteiger partial charge in [0.15, 0.2) is 0 Å². The first-order valence-electron chi connectivity index (χ1n) is 6.01. The molecule has 0 amide bonds. The Balaban J connectivity index is 2.08. The molecule has 0 bridgehead atoms. The topological polar surface area (TPSA) is 58.5 Å². The summed E-state index contributed by atoms with van der Waals surface area (Å²) in [6.07, 6.45) is 1.34. The van der Waals surface area contributed by atoms with Crippen molar-refractivity contribution >= 4 is 21.7 Å². The van der Waals surface area contributed by atoms with Crippen LogP contribution in [0.1, 0.15) is 18.7 Å². The van der Waals surface area contributed by atoms with Crippen molar-refractivity contribution in [3.05, 3.63) is 16.5 Å². The molecular formula is C12H18BrN3O2. The molecule has 0 atom stereocenters. The van der Waals surface area contributed by atoms with E-state index in [-0.39, 0.29) is 0 Å². The molecule has 0 radical (unpaired) electrons. The van der Waals surface area contributed by atoms with Crippen LogP contribution in [0.3, 0.4) is 0 Å². The summed E-state index contributed by atoms with van der Waals surface area (Å²) >= 11 is 3.36. The van der Waals surface area contributed by atoms with Crippen molar-refractivity contribution < 1.29 is 9.84 Å². The molecule has 2 heterocycles. The fourth-order valence-electron chi connectivity index (χ4n) is 2.14. The van der Waals surface area contributed by atoms with Crippen molar-refractivity contribution in [2.45, 2.75) is 25.4 Å². The molecule has 0 spiro atoms. The number of aromatic nitrogens is 2. The van der Waals surface area contributed by atoms with Gasteiger partial charge >= 0.3 is 0 Å². The van der Waals surface area contributed by atoms with E-state index < -0.39 is 5.60 Å². The van der Waals surface area contributed by atoms with Gasteiger partial charge in [-0.05, 0) is 22.9 Å². The summed E-state index contributed by atoms with van der Waals surface area (Å²) < 4.78 is 6.04. The lowest BCUT2D eigenvalue weighted by Gasteiger charge is -2.35. The largest absolute Gasteiger partial charge is 0.388 e. The smallest absolute Gasteiger partial charge is 0.133 e. The monoisotopic (exact) mass is 315 g/mol. The Morgan fingerprint density at radius 1 is 1.44 bits per heavy atom. The zero-order chi connectivity index (χ0) is 13.2. The number of halogens is 1. The summed E-state index contributed by atoms with van der Waals surface area (Å²) in [5.41, 5.74) is -0.682. The number of rotatable bonds is 3. The van der Waals surface area contributed by atoms with E-state index in [1.807, 2.05) is 24.9 Å². The Hall–Kier alpha value is -0.720. The Morgan fingerprint density at radius 2 is 2.11 bits per heavy atom. The molecule has 100 valence electrons. The van der Waals surface area contributed by atoms with Crippen molar-refractivity contribution in [2.24, 2.45) is 0 Å². The van der Waals surface area contributed by atoms with Crippen molar-refractivity contribution in [1.82, 2.24) is 9.97 Å². The van der Waals surface area contributed by atoms with Gasteiger partial charge in [-0.2, -0.15) is 0 Å². The van der Waals surface area contributed by atoms with E-state index in [0.29, 0.717) is 38.4 Å². The number of likely N-dealkylation sites (N-methyl/N-ethyl adjacent to an activating group) is 1. The van der Waals surface area contributed by atoms with Crippen LogP contribution in [0.4, 0.5) is 5.82 Å². The maximum absolute atomic E-state index is 10.5. The molecule has 2 rings (SSSR count). The van der Waals surface area contributed by atoms with E-state index in [1.54, 1.807) is 0 Å². The second-order valence-electron chi connectivity index (χ2n) is 4.79. The Labute approximate surface area is 115 Å². The van der Waals surface area contributed by atoms with Gasteiger partial charge in [0.25, 0.3) is 0 Å². The first kappa shape index (κ1) is 13.7. The average Bonchev–Trinajstić information content (AvgIpc) is 2.28. The van der Waals surface area contributed by atoms with E-state index in [2.05, 4.69) is 25.9 Å². The average molecular weight is 316 g/mol. The number of aryl methyl sites for hydroxylation is 1. The van der Waals surface area contributed by atoms with Crippen LogP contribution in [0.15, 0.2) is 10.7 Å². The molecule has 1 saturated heterocycles. The summed E-state index contributed by atoms with van der Waals surface area (Å²) in [6, 6.07) is 1.86. The number of ether oxygens (including phenoxy) is 1. The van der Waals surface area contributed by atoms with Crippen LogP contribution < -0.4 is 4.90 Å². The summed E-state index contributed by atoms with van der Waals surface area (Å²) in [5, 5.41) is 10.5. The predicted molar refractivity (Wildman–Crippen MR) is 72.7 cm³/mol. The molecule has 0 saturated carbocycles. The van der Waals surface area contributed by atoms with Crippen molar-refractivity contribution in [1.29, 1.82) is 0 Å². The molecule has 0 aromatic carbocycles. The maximum atomic E-state index is 10.5. The van der Waals surface area contributed by atoms with E-state index in [9.17, 15) is 5.11 Å². The quantitative estimate of drug-likeness (QED) is 0.857. The van der Waals surface area contributed by atoms with E-state index in [0.717, 1.165) is 10.4 Å². The third-order valence-electron chi connectivity index (χ3n) is 3.14. The summed E-state index contributed by atoms with van der Waals surface area (Å²) in [4.78, 5) is 10.5. The molecule has 1 aromatic heterocycles. The minimum Gasteiger partial charge on any atom is -0.388 e. The Morgan fingerprint density at radius 3 is 2.72 bits per heavy atom. The van der Waals surface area contributed by atoms with Crippen LogP contribution in [0, 0.1) is 6.92 Å². The van der Waals surface area contributed by atoms with Crippen LogP contribution >= 0.6 is 15.9 Å². The Bertz CT molecular complexity index is 402. The predicted octanol–water partition coefficient (Wildman–Crippen LogP) is 1.53. The van der Waals surface area contributed by atoms with Crippen molar-refractivity contribution in [2.75, 3.05) is 31.7 Å². The summed E-state index contributed by atoms with van der Waals surface area (Å²) in [5.74, 6) is 1.53. The molecular weight excluding hydrogens is 298 g/mol. The minimum absolute atomic E-state index is 0.555. The fourth-order valence-corrected chi connectivity index (χ4v) is 2.61. The first-order chi connectivity index (χ1) is 8.48. The zero-order valence-electron chi connectivity index (χ0n) is 10.7. The van der Waals surface area contributed by atoms with Crippen LogP contribution in [-0.2, 0) is 4.74 Å². The maximum Gasteiger partial charge on any atom is 0.133 e. The molecule has 18 heavy (non-hydrogen) atoms. The lowest BCUT2D eigenvalue weighted by molar-refractivity contribution is -0.0573. The number of anilines is 1. The lowest BCUT2D eigenvalue weighted by atomic mass is 9.94. The van der Waals surface area contributed by atoms with Crippen LogP contribution in [0.2, 0.25) is 0 Å². The normalized spacial score (nSPS) is 18.7. The molecule has 0 aliphatic carbocycles. The SMILES string of the molecule is Cc1nc(Br)cc(N(C)CC2(O)CCOCC2)n1. The van der Waals surface area contributed by atoms with Gasteiger partial charge in [-0.15, -0.1) is 0 Å². The molecule has 1 aliphatic rings. The minimum atomic E-state index is -0.682. The highest BCUT2D eigenvalue weighted by Gasteiger charge is 2.31. The highest BCUT2D eigenvalue weighted by atomic mass is 79.9. The number of aliphatic hydroxyl groups is 1. The summed E-state index contributed by atoms with van der Waals surface area (Å²) in [7, 11) is 1.93. The third-order valence-corrected chi connectivity index (χ3v) is 3.55. The van der Waals surface area contributed by atoms with Crippen molar-refractivity contribution in [3.63, 3.8) is 0 Å². The fraction of sp³-hybridized carbons (Fsp3) is 0.667. The van der Waals surface area contributed by atoms with E-state index in [4.69, 9.17) is 4.74 Å². The molecule has 0 unspecified atom stereocenters. The highest BCUT2D eigenvalue weighted by molar-refractivity contribution is 9.10. The van der Waals surface area contributed by atoms with Gasteiger partial charge in [-0.1, -0.05) is 0 Å². The van der Waals surface area contributed by atoms with Gasteiger partial charge in [0, 0.05) is 45.7 Å². The molecule has 1 N–H and O–H groups in total. The molecule has 1 fully saturated rings. The van der Waals surface area contributed by atoms with Gasteiger partial charge in [0.1, 0.15) is 16.2 Å². The van der Waals surface area contributed by atoms with E-state index >= 15 is 0 Å². The van der Waals surface area contributed by atoms with Gasteiger partial charge < -0.3 is 14.7 Å². The van der Waals surface area contributed by atoms with Crippen LogP contribution in [0.25, 0.3) is 0 Å². The zero-order valence-corrected chi connectivity index (χ0v) is 12.3. The summed E-state index contributed by atoms with van der Waals surface area (Å²) in [6.45, 7) is 3.65.